The minimum absolute atomic E-state index is 0. The second-order valence-corrected chi connectivity index (χ2v) is 0.250. The Kier molecular flexibility index (Phi) is 24.4. The van der Waals surface area contributed by atoms with Gasteiger partial charge in [0, 0.05) is 29.2 Å². The fraction of sp³-hybridized carbons (Fsp3) is 0. The summed E-state index contributed by atoms with van der Waals surface area (Å²) in [4.78, 5) is 8.33. The van der Waals surface area contributed by atoms with Crippen molar-refractivity contribution in [1.82, 2.24) is 6.15 Å². The maximum absolute atomic E-state index is 8.33. The first kappa shape index (κ1) is 16.4. The van der Waals surface area contributed by atoms with Gasteiger partial charge in [0.15, 0.2) is 0 Å². The van der Waals surface area contributed by atoms with Gasteiger partial charge < -0.3 is 21.2 Å². The molecule has 0 saturated carbocycles. The molecule has 0 aromatic heterocycles. The molecule has 0 aliphatic heterocycles. The molecule has 4 N–H and O–H groups in total. The summed E-state index contributed by atoms with van der Waals surface area (Å²) in [6.07, 6.45) is -2.33. The van der Waals surface area contributed by atoms with E-state index in [1.165, 1.54) is 0 Å². The molecular weight excluding hydrogens is 318 g/mol. The first-order chi connectivity index (χ1) is 1.73. The first-order valence-corrected chi connectivity index (χ1v) is 0.612. The fourth-order valence-electron chi connectivity index (χ4n) is 0. The van der Waals surface area contributed by atoms with Gasteiger partial charge in [0.25, 0.3) is 0 Å². The molecule has 38 valence electrons. The zero-order valence-corrected chi connectivity index (χ0v) is 6.53. The van der Waals surface area contributed by atoms with Crippen LogP contribution < -0.4 is 16.4 Å². The third kappa shape index (κ3) is 927. The molecule has 5 heteroatoms. The Bertz CT molecular complexity index is 33.8. The Labute approximate surface area is 56.7 Å². The Balaban J connectivity index is -0.0000000450. The number of hydrogen-bond acceptors (Lipinski definition) is 3. The van der Waals surface area contributed by atoms with Gasteiger partial charge in [-0.15, -0.1) is 0 Å². The van der Waals surface area contributed by atoms with Crippen molar-refractivity contribution < 1.29 is 44.2 Å². The number of carbonyl (C=O) groups is 1. The van der Waals surface area contributed by atoms with Gasteiger partial charge in [-0.2, -0.15) is 0 Å². The molecule has 0 rings (SSSR count). The van der Waals surface area contributed by atoms with Crippen LogP contribution in [0.2, 0.25) is 0 Å². The maximum atomic E-state index is 8.33. The maximum Gasteiger partial charge on any atom is 0 e. The van der Waals surface area contributed by atoms with Gasteiger partial charge in [0.05, 0.1) is 0 Å². The molecule has 0 aromatic carbocycles. The van der Waals surface area contributed by atoms with Gasteiger partial charge in [-0.05, 0) is 6.16 Å². The summed E-state index contributed by atoms with van der Waals surface area (Å²) in [7, 11) is 0. The molecule has 0 amide bonds. The van der Waals surface area contributed by atoms with Gasteiger partial charge in [0.2, 0.25) is 0 Å². The number of rotatable bonds is 0. The number of carbonyl (C=O) groups excluding carboxylic acids is 1. The summed E-state index contributed by atoms with van der Waals surface area (Å²) < 4.78 is 0. The van der Waals surface area contributed by atoms with E-state index in [2.05, 4.69) is 0 Å². The van der Waals surface area contributed by atoms with Gasteiger partial charge in [-0.3, -0.25) is 0 Å². The van der Waals surface area contributed by atoms with Crippen LogP contribution in [-0.2, 0) is 0 Å². The van der Waals surface area contributed by atoms with Crippen LogP contribution in [0, 0.1) is 29.2 Å². The third-order valence-electron chi connectivity index (χ3n) is 0. The molecule has 0 fully saturated rings. The van der Waals surface area contributed by atoms with Crippen LogP contribution in [0.4, 0.5) is 4.79 Å². The molecule has 0 spiro atoms. The smallest absolute Gasteiger partial charge is 0 e. The van der Waals surface area contributed by atoms with E-state index >= 15 is 0 Å². The molecule has 0 atom stereocenters. The van der Waals surface area contributed by atoms with Crippen LogP contribution in [0.1, 0.15) is 0 Å². The van der Waals surface area contributed by atoms with Gasteiger partial charge in [-0.1, -0.05) is 0 Å². The van der Waals surface area contributed by atoms with Gasteiger partial charge in [0.1, 0.15) is 0 Å². The van der Waals surface area contributed by atoms with Crippen LogP contribution in [-0.4, -0.2) is 6.16 Å². The van der Waals surface area contributed by atoms with Crippen LogP contribution in [0.25, 0.3) is 0 Å². The van der Waals surface area contributed by atoms with Crippen molar-refractivity contribution in [2.45, 2.75) is 0 Å². The Morgan fingerprint density at radius 3 is 1.33 bits per heavy atom. The summed E-state index contributed by atoms with van der Waals surface area (Å²) in [6, 6.07) is 0. The molecule has 0 bridgehead atoms. The van der Waals surface area contributed by atoms with E-state index in [0.717, 1.165) is 0 Å². The molecule has 0 saturated heterocycles. The van der Waals surface area contributed by atoms with Crippen molar-refractivity contribution in [2.75, 3.05) is 0 Å². The van der Waals surface area contributed by atoms with E-state index < -0.39 is 6.16 Å². The standard InChI is InChI=1S/CH2O3.H3N.Pu/c2-1(3)4;;/h(H2,2,3,4);1H3;/p-1. The summed E-state index contributed by atoms with van der Waals surface area (Å²) in [5, 5.41) is 16.7. The van der Waals surface area contributed by atoms with Crippen LogP contribution in [0.15, 0.2) is 0 Å². The number of quaternary nitrogens is 1. The number of carboxylic acid groups (broad SMARTS) is 2. The molecule has 0 aliphatic rings. The topological polar surface area (TPSA) is 99.7 Å². The zero-order valence-electron chi connectivity index (χ0n) is 3.13. The van der Waals surface area contributed by atoms with Crippen molar-refractivity contribution in [1.29, 1.82) is 0 Å². The van der Waals surface area contributed by atoms with E-state index in [0.29, 0.717) is 0 Å². The second-order valence-electron chi connectivity index (χ2n) is 0.250. The van der Waals surface area contributed by atoms with E-state index in [1.54, 1.807) is 0 Å². The van der Waals surface area contributed by atoms with Crippen LogP contribution in [0.3, 0.4) is 0 Å². The second kappa shape index (κ2) is 8.96. The average Bonchev–Trinajstić information content (AvgIpc) is 0.811. The van der Waals surface area contributed by atoms with Crippen molar-refractivity contribution in [3.63, 3.8) is 0 Å². The van der Waals surface area contributed by atoms with E-state index in [9.17, 15) is 0 Å². The minimum Gasteiger partial charge on any atom is -0.652 e. The van der Waals surface area contributed by atoms with Gasteiger partial charge >= 0.3 is 0 Å². The van der Waals surface area contributed by atoms with E-state index in [-0.39, 0.29) is 35.3 Å². The Hall–Kier alpha value is 0.217. The largest absolute Gasteiger partial charge is 0.652 e. The zero-order chi connectivity index (χ0) is 3.58. The third-order valence-corrected chi connectivity index (χ3v) is 0. The van der Waals surface area contributed by atoms with Crippen LogP contribution in [0.5, 0.6) is 0 Å². The summed E-state index contributed by atoms with van der Waals surface area (Å²) >= 11 is 0. The molecule has 0 heterocycles. The van der Waals surface area contributed by atoms with Crippen molar-refractivity contribution in [3.8, 4) is 0 Å². The molecule has 0 aromatic rings. The van der Waals surface area contributed by atoms with Crippen LogP contribution >= 0.6 is 0 Å². The molecule has 6 heavy (non-hydrogen) atoms. The summed E-state index contributed by atoms with van der Waals surface area (Å²) in [5.74, 6) is 0. The normalized spacial score (nSPS) is 4.00. The quantitative estimate of drug-likeness (QED) is 0.554. The van der Waals surface area contributed by atoms with E-state index in [4.69, 9.17) is 15.0 Å². The van der Waals surface area contributed by atoms with Gasteiger partial charge in [-0.25, -0.2) is 0 Å². The molecular formula is CH4NO3Pu-. The average molecular weight is 322 g/mol. The SMILES string of the molecule is O=C([O-])[O-].[NH4+].[Pu]. The minimum atomic E-state index is -2.33. The number of hydrogen-bond donors (Lipinski definition) is 1. The molecule has 0 unspecified atom stereocenters. The summed E-state index contributed by atoms with van der Waals surface area (Å²) in [6.45, 7) is 0. The predicted molar refractivity (Wildman–Crippen MR) is 11.4 cm³/mol. The molecule has 4 nitrogen and oxygen atoms in total. The summed E-state index contributed by atoms with van der Waals surface area (Å²) in [5.41, 5.74) is 0. The Morgan fingerprint density at radius 1 is 1.33 bits per heavy atom. The molecule has 0 aliphatic carbocycles. The predicted octanol–water partition coefficient (Wildman–Crippen LogP) is -2.07. The monoisotopic (exact) mass is 316 g/mol. The molecule has 0 radical (unpaired) electrons. The van der Waals surface area contributed by atoms with Crippen molar-refractivity contribution in [2.24, 2.45) is 0 Å². The Morgan fingerprint density at radius 2 is 1.33 bits per heavy atom. The fourth-order valence-corrected chi connectivity index (χ4v) is 0. The first-order valence-electron chi connectivity index (χ1n) is 0.612. The van der Waals surface area contributed by atoms with E-state index in [1.807, 2.05) is 0 Å². The van der Waals surface area contributed by atoms with Crippen molar-refractivity contribution >= 4 is 6.16 Å². The van der Waals surface area contributed by atoms with Crippen molar-refractivity contribution in [3.05, 3.63) is 0 Å².